The van der Waals surface area contributed by atoms with Gasteiger partial charge in [0.05, 0.1) is 0 Å². The van der Waals surface area contributed by atoms with Crippen LogP contribution in [0.1, 0.15) is 107 Å². The third kappa shape index (κ3) is 10.6. The van der Waals surface area contributed by atoms with E-state index in [2.05, 4.69) is 39.0 Å². The van der Waals surface area contributed by atoms with Crippen molar-refractivity contribution in [2.75, 3.05) is 6.54 Å². The molecule has 0 aliphatic heterocycles. The summed E-state index contributed by atoms with van der Waals surface area (Å²) in [7, 11) is 0. The Morgan fingerprint density at radius 2 is 1.84 bits per heavy atom. The van der Waals surface area contributed by atoms with E-state index in [0.717, 1.165) is 39.9 Å². The second-order valence-electron chi connectivity index (χ2n) is 10.9. The third-order valence-corrected chi connectivity index (χ3v) is 7.59. The van der Waals surface area contributed by atoms with Gasteiger partial charge in [0.2, 0.25) is 5.89 Å². The Labute approximate surface area is 235 Å². The van der Waals surface area contributed by atoms with Gasteiger partial charge in [0.1, 0.15) is 11.9 Å². The number of esters is 1. The summed E-state index contributed by atoms with van der Waals surface area (Å²) in [4.78, 5) is 28.7. The van der Waals surface area contributed by atoms with Gasteiger partial charge in [0.15, 0.2) is 5.69 Å². The van der Waals surface area contributed by atoms with Gasteiger partial charge in [-0.3, -0.25) is 9.59 Å². The summed E-state index contributed by atoms with van der Waals surface area (Å²) in [6.07, 6.45) is 15.9. The molecule has 6 nitrogen and oxygen atoms in total. The molecule has 1 amide bonds. The molecule has 0 bridgehead atoms. The normalized spacial score (nSPS) is 15.0. The molecule has 1 aromatic carbocycles. The monoisotopic (exact) mass is 620 g/mol. The number of rotatable bonds is 12. The molecule has 1 aromatic heterocycles. The van der Waals surface area contributed by atoms with Crippen LogP contribution < -0.4 is 5.32 Å². The first kappa shape index (κ1) is 29.4. The van der Waals surface area contributed by atoms with Crippen molar-refractivity contribution in [2.24, 2.45) is 5.92 Å². The van der Waals surface area contributed by atoms with E-state index in [1.54, 1.807) is 0 Å². The molecule has 1 fully saturated rings. The van der Waals surface area contributed by atoms with Crippen LogP contribution in [0.5, 0.6) is 0 Å². The van der Waals surface area contributed by atoms with E-state index in [0.29, 0.717) is 24.6 Å². The van der Waals surface area contributed by atoms with Crippen LogP contribution in [0.25, 0.3) is 15.0 Å². The maximum absolute atomic E-state index is 12.5. The maximum atomic E-state index is 12.5. The number of nitrogens with zero attached hydrogens (tertiary/aromatic N) is 1. The summed E-state index contributed by atoms with van der Waals surface area (Å²) in [6, 6.07) is 7.91. The average Bonchev–Trinajstić information content (AvgIpc) is 3.36. The van der Waals surface area contributed by atoms with Crippen LogP contribution in [-0.4, -0.2) is 29.0 Å². The highest BCUT2D eigenvalue weighted by atomic mass is 127. The zero-order chi connectivity index (χ0) is 26.7. The topological polar surface area (TPSA) is 81.4 Å². The van der Waals surface area contributed by atoms with E-state index < -0.39 is 5.60 Å². The fourth-order valence-electron chi connectivity index (χ4n) is 4.59. The Hall–Kier alpha value is -2.16. The van der Waals surface area contributed by atoms with E-state index in [-0.39, 0.29) is 11.9 Å². The van der Waals surface area contributed by atoms with Gasteiger partial charge in [0.25, 0.3) is 5.91 Å². The SMILES string of the molecule is CC(C)(C)OC(=O)CCC/C=C(\I)c1ccc(-c2nc(C(=O)NCCCCC3CCCCC3)co2)cc1. The summed E-state index contributed by atoms with van der Waals surface area (Å²) < 4.78 is 12.0. The molecule has 1 aliphatic carbocycles. The lowest BCUT2D eigenvalue weighted by atomic mass is 9.86. The number of unbranched alkanes of at least 4 members (excludes halogenated alkanes) is 2. The lowest BCUT2D eigenvalue weighted by Crippen LogP contribution is -2.24. The summed E-state index contributed by atoms with van der Waals surface area (Å²) in [5.74, 6) is 0.976. The third-order valence-electron chi connectivity index (χ3n) is 6.52. The highest BCUT2D eigenvalue weighted by Crippen LogP contribution is 2.28. The summed E-state index contributed by atoms with van der Waals surface area (Å²) in [6.45, 7) is 6.31. The molecular weight excluding hydrogens is 579 g/mol. The first-order valence-electron chi connectivity index (χ1n) is 13.6. The molecular formula is C30H41IN2O4. The molecule has 0 unspecified atom stereocenters. The number of benzene rings is 1. The highest BCUT2D eigenvalue weighted by Gasteiger charge is 2.16. The minimum atomic E-state index is -0.440. The van der Waals surface area contributed by atoms with Crippen molar-refractivity contribution in [1.82, 2.24) is 10.3 Å². The van der Waals surface area contributed by atoms with E-state index in [9.17, 15) is 9.59 Å². The second kappa shape index (κ2) is 14.7. The smallest absolute Gasteiger partial charge is 0.306 e. The predicted octanol–water partition coefficient (Wildman–Crippen LogP) is 8.11. The number of ether oxygens (including phenoxy) is 1. The zero-order valence-electron chi connectivity index (χ0n) is 22.5. The Kier molecular flexibility index (Phi) is 11.7. The molecule has 3 rings (SSSR count). The van der Waals surface area contributed by atoms with Gasteiger partial charge in [-0.2, -0.15) is 0 Å². The van der Waals surface area contributed by atoms with Gasteiger partial charge < -0.3 is 14.5 Å². The van der Waals surface area contributed by atoms with Gasteiger partial charge in [-0.1, -0.05) is 63.2 Å². The number of carbonyl (C=O) groups excluding carboxylic acids is 2. The minimum absolute atomic E-state index is 0.158. The molecule has 0 radical (unpaired) electrons. The van der Waals surface area contributed by atoms with Crippen molar-refractivity contribution in [3.8, 4) is 11.5 Å². The lowest BCUT2D eigenvalue weighted by molar-refractivity contribution is -0.154. The lowest BCUT2D eigenvalue weighted by Gasteiger charge is -2.21. The predicted molar refractivity (Wildman–Crippen MR) is 156 cm³/mol. The Morgan fingerprint density at radius 3 is 2.54 bits per heavy atom. The van der Waals surface area contributed by atoms with Gasteiger partial charge in [0, 0.05) is 22.1 Å². The quantitative estimate of drug-likeness (QED) is 0.147. The van der Waals surface area contributed by atoms with Gasteiger partial charge in [-0.25, -0.2) is 4.98 Å². The van der Waals surface area contributed by atoms with Crippen molar-refractivity contribution in [3.05, 3.63) is 47.9 Å². The zero-order valence-corrected chi connectivity index (χ0v) is 24.6. The van der Waals surface area contributed by atoms with Crippen molar-refractivity contribution >= 4 is 38.0 Å². The molecule has 0 atom stereocenters. The number of nitrogens with one attached hydrogen (secondary N) is 1. The molecule has 202 valence electrons. The number of hydrogen-bond donors (Lipinski definition) is 1. The Morgan fingerprint density at radius 1 is 1.11 bits per heavy atom. The molecule has 0 spiro atoms. The largest absolute Gasteiger partial charge is 0.460 e. The first-order valence-corrected chi connectivity index (χ1v) is 14.7. The molecule has 2 aromatic rings. The van der Waals surface area contributed by atoms with Crippen LogP contribution in [0.15, 0.2) is 41.0 Å². The summed E-state index contributed by atoms with van der Waals surface area (Å²) in [5, 5.41) is 2.97. The van der Waals surface area contributed by atoms with E-state index >= 15 is 0 Å². The molecule has 1 N–H and O–H groups in total. The van der Waals surface area contributed by atoms with Crippen LogP contribution in [0.2, 0.25) is 0 Å². The number of aromatic nitrogens is 1. The molecule has 7 heteroatoms. The van der Waals surface area contributed by atoms with Gasteiger partial charge >= 0.3 is 5.97 Å². The van der Waals surface area contributed by atoms with Crippen LogP contribution in [0.3, 0.4) is 0 Å². The first-order chi connectivity index (χ1) is 17.7. The molecule has 1 heterocycles. The fourth-order valence-corrected chi connectivity index (χ4v) is 5.27. The van der Waals surface area contributed by atoms with Gasteiger partial charge in [-0.05, 0) is 86.2 Å². The van der Waals surface area contributed by atoms with Crippen molar-refractivity contribution in [3.63, 3.8) is 0 Å². The molecule has 1 saturated carbocycles. The van der Waals surface area contributed by atoms with E-state index in [1.165, 1.54) is 51.2 Å². The fraction of sp³-hybridized carbons (Fsp3) is 0.567. The second-order valence-corrected chi connectivity index (χ2v) is 12.1. The van der Waals surface area contributed by atoms with E-state index in [4.69, 9.17) is 9.15 Å². The van der Waals surface area contributed by atoms with E-state index in [1.807, 2.05) is 45.0 Å². The number of oxazole rings is 1. The van der Waals surface area contributed by atoms with Crippen LogP contribution in [0, 0.1) is 5.92 Å². The van der Waals surface area contributed by atoms with Crippen LogP contribution >= 0.6 is 22.6 Å². The van der Waals surface area contributed by atoms with Crippen molar-refractivity contribution < 1.29 is 18.7 Å². The number of allylic oxidation sites excluding steroid dienone is 1. The Balaban J connectivity index is 1.41. The number of amides is 1. The van der Waals surface area contributed by atoms with Crippen LogP contribution in [0.4, 0.5) is 0 Å². The van der Waals surface area contributed by atoms with Crippen molar-refractivity contribution in [1.29, 1.82) is 0 Å². The molecule has 37 heavy (non-hydrogen) atoms. The number of carbonyl (C=O) groups is 2. The maximum Gasteiger partial charge on any atom is 0.306 e. The molecule has 0 saturated heterocycles. The average molecular weight is 621 g/mol. The highest BCUT2D eigenvalue weighted by molar-refractivity contribution is 14.1. The van der Waals surface area contributed by atoms with Crippen LogP contribution in [-0.2, 0) is 9.53 Å². The minimum Gasteiger partial charge on any atom is -0.460 e. The molecule has 1 aliphatic rings. The number of halogens is 1. The summed E-state index contributed by atoms with van der Waals surface area (Å²) >= 11 is 2.31. The van der Waals surface area contributed by atoms with Crippen molar-refractivity contribution in [2.45, 2.75) is 97.0 Å². The standard InChI is InChI=1S/C30H41IN2O4/c1-30(2,3)37-27(34)15-8-7-14-25(31)23-16-18-24(19-17-23)29-33-26(21-36-29)28(35)32-20-10-9-13-22-11-5-4-6-12-22/h14,16-19,21-22H,4-13,15,20H2,1-3H3,(H,32,35)/b25-14-. The van der Waals surface area contributed by atoms with Gasteiger partial charge in [-0.15, -0.1) is 0 Å². The Bertz CT molecular complexity index is 1030. The summed E-state index contributed by atoms with van der Waals surface area (Å²) in [5.41, 5.74) is 1.78. The number of hydrogen-bond acceptors (Lipinski definition) is 5.